The fourth-order valence-corrected chi connectivity index (χ4v) is 1.30. The number of carbonyl (C=O) groups excluding carboxylic acids is 1. The third-order valence-corrected chi connectivity index (χ3v) is 2.00. The molecule has 0 aliphatic carbocycles. The van der Waals surface area contributed by atoms with Crippen molar-refractivity contribution in [2.45, 2.75) is 25.1 Å². The highest BCUT2D eigenvalue weighted by molar-refractivity contribution is 7.80. The second-order valence-electron chi connectivity index (χ2n) is 3.32. The van der Waals surface area contributed by atoms with Gasteiger partial charge >= 0.3 is 0 Å². The normalized spacial score (nSPS) is 12.1. The first-order valence-electron chi connectivity index (χ1n) is 4.67. The summed E-state index contributed by atoms with van der Waals surface area (Å²) in [7, 11) is 0. The number of carbonyl (C=O) groups is 1. The van der Waals surface area contributed by atoms with Crippen LogP contribution in [0.2, 0.25) is 0 Å². The van der Waals surface area contributed by atoms with Gasteiger partial charge in [0.1, 0.15) is 0 Å². The molecule has 1 rings (SSSR count). The first-order valence-corrected chi connectivity index (χ1v) is 5.19. The van der Waals surface area contributed by atoms with E-state index in [4.69, 9.17) is 0 Å². The zero-order valence-corrected chi connectivity index (χ0v) is 9.13. The van der Waals surface area contributed by atoms with Gasteiger partial charge in [-0.3, -0.25) is 4.79 Å². The molecule has 0 saturated heterocycles. The average molecular weight is 209 g/mol. The second kappa shape index (κ2) is 5.70. The smallest absolute Gasteiger partial charge is 0.221 e. The van der Waals surface area contributed by atoms with Crippen LogP contribution in [0.25, 0.3) is 0 Å². The molecule has 0 heterocycles. The molecule has 0 fully saturated rings. The molecule has 1 aromatic rings. The molecule has 3 heteroatoms. The van der Waals surface area contributed by atoms with Crippen LogP contribution in [0.15, 0.2) is 30.3 Å². The molecule has 14 heavy (non-hydrogen) atoms. The fourth-order valence-electron chi connectivity index (χ4n) is 1.14. The fraction of sp³-hybridized carbons (Fsp3) is 0.364. The lowest BCUT2D eigenvalue weighted by molar-refractivity contribution is -0.121. The molecule has 0 aliphatic rings. The highest BCUT2D eigenvalue weighted by Gasteiger charge is 2.03. The molecule has 1 N–H and O–H groups in total. The minimum Gasteiger partial charge on any atom is -0.352 e. The molecule has 76 valence electrons. The first-order chi connectivity index (χ1) is 6.68. The van der Waals surface area contributed by atoms with Crippen molar-refractivity contribution in [3.8, 4) is 0 Å². The number of thiol groups is 1. The van der Waals surface area contributed by atoms with Gasteiger partial charge in [-0.1, -0.05) is 37.3 Å². The summed E-state index contributed by atoms with van der Waals surface area (Å²) < 4.78 is 0. The summed E-state index contributed by atoms with van der Waals surface area (Å²) in [6.07, 6.45) is 0.468. The molecule has 1 atom stereocenters. The van der Waals surface area contributed by atoms with Gasteiger partial charge < -0.3 is 5.32 Å². The van der Waals surface area contributed by atoms with Gasteiger partial charge in [-0.25, -0.2) is 0 Å². The minimum atomic E-state index is 0.0522. The molecule has 0 aromatic heterocycles. The SMILES string of the molecule is CC(S)CC(=O)NCc1ccccc1. The highest BCUT2D eigenvalue weighted by Crippen LogP contribution is 2.00. The molecular formula is C11H15NOS. The van der Waals surface area contributed by atoms with Crippen molar-refractivity contribution < 1.29 is 4.79 Å². The van der Waals surface area contributed by atoms with E-state index in [2.05, 4.69) is 17.9 Å². The van der Waals surface area contributed by atoms with E-state index in [1.807, 2.05) is 37.3 Å². The van der Waals surface area contributed by atoms with Crippen LogP contribution in [0.4, 0.5) is 0 Å². The summed E-state index contributed by atoms with van der Waals surface area (Å²) in [5.74, 6) is 0.0522. The summed E-state index contributed by atoms with van der Waals surface area (Å²) >= 11 is 4.16. The van der Waals surface area contributed by atoms with Gasteiger partial charge in [0, 0.05) is 18.2 Å². The third-order valence-electron chi connectivity index (χ3n) is 1.81. The Morgan fingerprint density at radius 1 is 1.43 bits per heavy atom. The van der Waals surface area contributed by atoms with Crippen molar-refractivity contribution in [2.24, 2.45) is 0 Å². The predicted molar refractivity (Wildman–Crippen MR) is 61.4 cm³/mol. The van der Waals surface area contributed by atoms with Crippen molar-refractivity contribution in [1.29, 1.82) is 0 Å². The number of hydrogen-bond acceptors (Lipinski definition) is 2. The lowest BCUT2D eigenvalue weighted by Gasteiger charge is -2.06. The van der Waals surface area contributed by atoms with E-state index < -0.39 is 0 Å². The van der Waals surface area contributed by atoms with Crippen molar-refractivity contribution in [3.63, 3.8) is 0 Å². The van der Waals surface area contributed by atoms with Gasteiger partial charge in [0.25, 0.3) is 0 Å². The number of hydrogen-bond donors (Lipinski definition) is 2. The van der Waals surface area contributed by atoms with Gasteiger partial charge in [-0.15, -0.1) is 0 Å². The summed E-state index contributed by atoms with van der Waals surface area (Å²) in [5, 5.41) is 2.96. The van der Waals surface area contributed by atoms with Gasteiger partial charge in [0.15, 0.2) is 0 Å². The topological polar surface area (TPSA) is 29.1 Å². The average Bonchev–Trinajstić information content (AvgIpc) is 2.15. The van der Waals surface area contributed by atoms with Crippen molar-refractivity contribution in [3.05, 3.63) is 35.9 Å². The van der Waals surface area contributed by atoms with Crippen LogP contribution >= 0.6 is 12.6 Å². The lowest BCUT2D eigenvalue weighted by atomic mass is 10.2. The first kappa shape index (κ1) is 11.1. The molecule has 0 aliphatic heterocycles. The van der Waals surface area contributed by atoms with Gasteiger partial charge in [0.05, 0.1) is 0 Å². The zero-order chi connectivity index (χ0) is 10.4. The van der Waals surface area contributed by atoms with Crippen LogP contribution in [-0.4, -0.2) is 11.2 Å². The molecule has 1 amide bonds. The maximum Gasteiger partial charge on any atom is 0.221 e. The van der Waals surface area contributed by atoms with E-state index in [0.29, 0.717) is 13.0 Å². The zero-order valence-electron chi connectivity index (χ0n) is 8.23. The van der Waals surface area contributed by atoms with Crippen LogP contribution in [0, 0.1) is 0 Å². The molecule has 2 nitrogen and oxygen atoms in total. The maximum absolute atomic E-state index is 11.3. The Labute approximate surface area is 90.1 Å². The van der Waals surface area contributed by atoms with Gasteiger partial charge in [0.2, 0.25) is 5.91 Å². The third kappa shape index (κ3) is 4.33. The van der Waals surface area contributed by atoms with E-state index in [0.717, 1.165) is 5.56 Å². The number of amides is 1. The maximum atomic E-state index is 11.3. The number of nitrogens with one attached hydrogen (secondary N) is 1. The van der Waals surface area contributed by atoms with Crippen LogP contribution in [0.3, 0.4) is 0 Å². The quantitative estimate of drug-likeness (QED) is 0.730. The van der Waals surface area contributed by atoms with Gasteiger partial charge in [-0.05, 0) is 5.56 Å². The Bertz CT molecular complexity index is 285. The standard InChI is InChI=1S/C11H15NOS/c1-9(14)7-11(13)12-8-10-5-3-2-4-6-10/h2-6,9,14H,7-8H2,1H3,(H,12,13). The van der Waals surface area contributed by atoms with Crippen molar-refractivity contribution >= 4 is 18.5 Å². The molecule has 1 unspecified atom stereocenters. The van der Waals surface area contributed by atoms with Crippen LogP contribution in [0.1, 0.15) is 18.9 Å². The van der Waals surface area contributed by atoms with Crippen molar-refractivity contribution in [2.75, 3.05) is 0 Å². The Kier molecular flexibility index (Phi) is 4.53. The Morgan fingerprint density at radius 2 is 2.07 bits per heavy atom. The molecule has 0 spiro atoms. The van der Waals surface area contributed by atoms with Crippen molar-refractivity contribution in [1.82, 2.24) is 5.32 Å². The number of rotatable bonds is 4. The van der Waals surface area contributed by atoms with E-state index in [1.54, 1.807) is 0 Å². The van der Waals surface area contributed by atoms with Crippen LogP contribution in [-0.2, 0) is 11.3 Å². The molecule has 0 radical (unpaired) electrons. The van der Waals surface area contributed by atoms with Gasteiger partial charge in [-0.2, -0.15) is 12.6 Å². The Morgan fingerprint density at radius 3 is 2.64 bits per heavy atom. The minimum absolute atomic E-state index is 0.0522. The molecule has 0 saturated carbocycles. The summed E-state index contributed by atoms with van der Waals surface area (Å²) in [5.41, 5.74) is 1.12. The predicted octanol–water partition coefficient (Wildman–Crippen LogP) is 2.01. The highest BCUT2D eigenvalue weighted by atomic mass is 32.1. The summed E-state index contributed by atoms with van der Waals surface area (Å²) in [4.78, 5) is 11.3. The molecular weight excluding hydrogens is 194 g/mol. The largest absolute Gasteiger partial charge is 0.352 e. The lowest BCUT2D eigenvalue weighted by Crippen LogP contribution is -2.24. The molecule has 0 bridgehead atoms. The van der Waals surface area contributed by atoms with E-state index >= 15 is 0 Å². The number of benzene rings is 1. The van der Waals surface area contributed by atoms with Crippen LogP contribution in [0.5, 0.6) is 0 Å². The summed E-state index contributed by atoms with van der Waals surface area (Å²) in [6, 6.07) is 9.86. The monoisotopic (exact) mass is 209 g/mol. The van der Waals surface area contributed by atoms with Crippen LogP contribution < -0.4 is 5.32 Å². The van der Waals surface area contributed by atoms with E-state index in [9.17, 15) is 4.79 Å². The molecule has 1 aromatic carbocycles. The Hall–Kier alpha value is -0.960. The van der Waals surface area contributed by atoms with E-state index in [1.165, 1.54) is 0 Å². The summed E-state index contributed by atoms with van der Waals surface area (Å²) in [6.45, 7) is 2.51. The van der Waals surface area contributed by atoms with E-state index in [-0.39, 0.29) is 11.2 Å². The Balaban J connectivity index is 2.31. The second-order valence-corrected chi connectivity index (χ2v) is 4.20.